The highest BCUT2D eigenvalue weighted by molar-refractivity contribution is 5.65. The van der Waals surface area contributed by atoms with E-state index in [1.54, 1.807) is 7.11 Å². The first-order valence-electron chi connectivity index (χ1n) is 8.44. The molecule has 6 heteroatoms. The van der Waals surface area contributed by atoms with Gasteiger partial charge in [-0.25, -0.2) is 4.98 Å². The molecule has 0 radical (unpaired) electrons. The van der Waals surface area contributed by atoms with Gasteiger partial charge >= 0.3 is 0 Å². The second-order valence-electron chi connectivity index (χ2n) is 5.68. The zero-order valence-electron chi connectivity index (χ0n) is 14.8. The van der Waals surface area contributed by atoms with Crippen molar-refractivity contribution in [3.8, 4) is 22.8 Å². The fraction of sp³-hybridized carbons (Fsp3) is 0.200. The van der Waals surface area contributed by atoms with Crippen molar-refractivity contribution in [3.63, 3.8) is 0 Å². The molecule has 1 heterocycles. The molecule has 0 aliphatic carbocycles. The highest BCUT2D eigenvalue weighted by Crippen LogP contribution is 2.27. The number of para-hydroxylation sites is 2. The van der Waals surface area contributed by atoms with Crippen LogP contribution >= 0.6 is 0 Å². The average molecular weight is 351 g/mol. The van der Waals surface area contributed by atoms with Crippen molar-refractivity contribution >= 4 is 11.6 Å². The van der Waals surface area contributed by atoms with Crippen LogP contribution in [0.1, 0.15) is 13.3 Å². The van der Waals surface area contributed by atoms with Crippen LogP contribution < -0.4 is 20.3 Å². The molecule has 0 bridgehead atoms. The Hall–Kier alpha value is -3.28. The summed E-state index contributed by atoms with van der Waals surface area (Å²) >= 11 is 0. The predicted molar refractivity (Wildman–Crippen MR) is 102 cm³/mol. The molecule has 2 aromatic carbocycles. The maximum absolute atomic E-state index is 12.1. The fourth-order valence-corrected chi connectivity index (χ4v) is 2.46. The van der Waals surface area contributed by atoms with Crippen LogP contribution in [0.4, 0.5) is 11.6 Å². The van der Waals surface area contributed by atoms with Crippen LogP contribution in [0, 0.1) is 0 Å². The summed E-state index contributed by atoms with van der Waals surface area (Å²) in [4.78, 5) is 19.3. The molecule has 0 aliphatic rings. The molecule has 3 aromatic rings. The number of rotatable bonds is 7. The number of H-pyrrole nitrogens is 1. The summed E-state index contributed by atoms with van der Waals surface area (Å²) < 4.78 is 10.9. The fourth-order valence-electron chi connectivity index (χ4n) is 2.46. The van der Waals surface area contributed by atoms with Crippen LogP contribution in [0.5, 0.6) is 11.5 Å². The van der Waals surface area contributed by atoms with Gasteiger partial charge in [-0.2, -0.15) is 0 Å². The first-order valence-corrected chi connectivity index (χ1v) is 8.44. The molecule has 0 saturated heterocycles. The number of methoxy groups -OCH3 is 1. The third-order valence-corrected chi connectivity index (χ3v) is 3.73. The Balaban J connectivity index is 1.90. The number of anilines is 2. The zero-order valence-corrected chi connectivity index (χ0v) is 14.8. The molecule has 0 spiro atoms. The topological polar surface area (TPSA) is 76.2 Å². The van der Waals surface area contributed by atoms with Gasteiger partial charge in [0.05, 0.1) is 25.1 Å². The zero-order chi connectivity index (χ0) is 18.4. The summed E-state index contributed by atoms with van der Waals surface area (Å²) in [7, 11) is 1.61. The molecule has 26 heavy (non-hydrogen) atoms. The first kappa shape index (κ1) is 17.5. The van der Waals surface area contributed by atoms with E-state index in [4.69, 9.17) is 9.47 Å². The van der Waals surface area contributed by atoms with Crippen molar-refractivity contribution in [3.05, 3.63) is 65.0 Å². The van der Waals surface area contributed by atoms with E-state index >= 15 is 0 Å². The van der Waals surface area contributed by atoms with Gasteiger partial charge in [-0.05, 0) is 42.8 Å². The van der Waals surface area contributed by atoms with Crippen LogP contribution in [0.2, 0.25) is 0 Å². The monoisotopic (exact) mass is 351 g/mol. The summed E-state index contributed by atoms with van der Waals surface area (Å²) in [6.07, 6.45) is 0.913. The molecule has 1 aromatic heterocycles. The average Bonchev–Trinajstić information content (AvgIpc) is 2.67. The van der Waals surface area contributed by atoms with Crippen molar-refractivity contribution in [2.45, 2.75) is 13.3 Å². The molecule has 0 fully saturated rings. The minimum Gasteiger partial charge on any atom is -0.497 e. The van der Waals surface area contributed by atoms with Gasteiger partial charge in [-0.3, -0.25) is 9.78 Å². The molecule has 0 saturated carbocycles. The summed E-state index contributed by atoms with van der Waals surface area (Å²) in [6, 6.07) is 16.4. The first-order chi connectivity index (χ1) is 12.7. The number of hydrogen-bond donors (Lipinski definition) is 2. The van der Waals surface area contributed by atoms with Crippen LogP contribution in [-0.2, 0) is 0 Å². The Morgan fingerprint density at radius 2 is 1.88 bits per heavy atom. The highest BCUT2D eigenvalue weighted by Gasteiger charge is 2.08. The molecule has 0 atom stereocenters. The lowest BCUT2D eigenvalue weighted by atomic mass is 10.1. The summed E-state index contributed by atoms with van der Waals surface area (Å²) in [5.41, 5.74) is 1.91. The molecular formula is C20H21N3O3. The SMILES string of the molecule is CCCOc1ccccc1Nc1nc(-c2ccc(OC)cc2)cc(=O)[nH]1. The van der Waals surface area contributed by atoms with Crippen molar-refractivity contribution in [2.24, 2.45) is 0 Å². The summed E-state index contributed by atoms with van der Waals surface area (Å²) in [5.74, 6) is 1.82. The Morgan fingerprint density at radius 1 is 1.12 bits per heavy atom. The second kappa shape index (κ2) is 8.20. The lowest BCUT2D eigenvalue weighted by molar-refractivity contribution is 0.319. The Morgan fingerprint density at radius 3 is 2.62 bits per heavy atom. The van der Waals surface area contributed by atoms with Gasteiger partial charge in [0.25, 0.3) is 5.56 Å². The molecule has 0 aliphatic heterocycles. The van der Waals surface area contributed by atoms with Crippen molar-refractivity contribution in [2.75, 3.05) is 19.0 Å². The minimum atomic E-state index is -0.236. The van der Waals surface area contributed by atoms with Crippen molar-refractivity contribution in [1.29, 1.82) is 0 Å². The van der Waals surface area contributed by atoms with E-state index in [1.165, 1.54) is 6.07 Å². The lowest BCUT2D eigenvalue weighted by Gasteiger charge is -2.12. The number of nitrogens with one attached hydrogen (secondary N) is 2. The van der Waals surface area contributed by atoms with Gasteiger partial charge in [-0.1, -0.05) is 19.1 Å². The van der Waals surface area contributed by atoms with E-state index in [-0.39, 0.29) is 5.56 Å². The molecule has 0 amide bonds. The number of hydrogen-bond acceptors (Lipinski definition) is 5. The molecule has 0 unspecified atom stereocenters. The number of aromatic nitrogens is 2. The van der Waals surface area contributed by atoms with Gasteiger partial charge in [-0.15, -0.1) is 0 Å². The molecule has 3 rings (SSSR count). The maximum Gasteiger partial charge on any atom is 0.252 e. The van der Waals surface area contributed by atoms with Crippen LogP contribution in [0.3, 0.4) is 0 Å². The van der Waals surface area contributed by atoms with E-state index in [2.05, 4.69) is 15.3 Å². The van der Waals surface area contributed by atoms with Gasteiger partial charge in [0.1, 0.15) is 11.5 Å². The van der Waals surface area contributed by atoms with E-state index in [1.807, 2.05) is 55.5 Å². The third kappa shape index (κ3) is 4.22. The third-order valence-electron chi connectivity index (χ3n) is 3.73. The highest BCUT2D eigenvalue weighted by atomic mass is 16.5. The van der Waals surface area contributed by atoms with E-state index < -0.39 is 0 Å². The smallest absolute Gasteiger partial charge is 0.252 e. The summed E-state index contributed by atoms with van der Waals surface area (Å²) in [6.45, 7) is 2.67. The molecule has 2 N–H and O–H groups in total. The van der Waals surface area contributed by atoms with E-state index in [9.17, 15) is 4.79 Å². The van der Waals surface area contributed by atoms with Crippen LogP contribution in [0.25, 0.3) is 11.3 Å². The normalized spacial score (nSPS) is 10.4. The minimum absolute atomic E-state index is 0.236. The number of aromatic amines is 1. The van der Waals surface area contributed by atoms with Gasteiger partial charge in [0.15, 0.2) is 0 Å². The van der Waals surface area contributed by atoms with Gasteiger partial charge < -0.3 is 14.8 Å². The van der Waals surface area contributed by atoms with Gasteiger partial charge in [0.2, 0.25) is 5.95 Å². The van der Waals surface area contributed by atoms with Crippen molar-refractivity contribution < 1.29 is 9.47 Å². The molecular weight excluding hydrogens is 330 g/mol. The predicted octanol–water partition coefficient (Wildman–Crippen LogP) is 3.98. The van der Waals surface area contributed by atoms with Crippen molar-refractivity contribution in [1.82, 2.24) is 9.97 Å². The Bertz CT molecular complexity index is 920. The number of nitrogens with zero attached hydrogens (tertiary/aromatic N) is 1. The maximum atomic E-state index is 12.1. The van der Waals surface area contributed by atoms with Crippen LogP contribution in [0.15, 0.2) is 59.4 Å². The Kier molecular flexibility index (Phi) is 5.53. The quantitative estimate of drug-likeness (QED) is 0.673. The summed E-state index contributed by atoms with van der Waals surface area (Å²) in [5, 5.41) is 3.14. The van der Waals surface area contributed by atoms with E-state index in [0.717, 1.165) is 23.4 Å². The van der Waals surface area contributed by atoms with Gasteiger partial charge in [0, 0.05) is 11.6 Å². The van der Waals surface area contributed by atoms with Crippen LogP contribution in [-0.4, -0.2) is 23.7 Å². The van der Waals surface area contributed by atoms with E-state index in [0.29, 0.717) is 24.0 Å². The number of benzene rings is 2. The largest absolute Gasteiger partial charge is 0.497 e. The molecule has 6 nitrogen and oxygen atoms in total. The molecule has 134 valence electrons. The standard InChI is InChI=1S/C20H21N3O3/c1-3-12-26-18-7-5-4-6-16(18)21-20-22-17(13-19(24)23-20)14-8-10-15(25-2)11-9-14/h4-11,13H,3,12H2,1-2H3,(H2,21,22,23,24). The number of ether oxygens (including phenoxy) is 2. The lowest BCUT2D eigenvalue weighted by Crippen LogP contribution is -2.11. The second-order valence-corrected chi connectivity index (χ2v) is 5.68. The Labute approximate surface area is 151 Å².